The first-order valence-electron chi connectivity index (χ1n) is 3.78. The maximum absolute atomic E-state index is 8.27. The summed E-state index contributed by atoms with van der Waals surface area (Å²) in [5.41, 5.74) is 0.790. The molecule has 72 valence electrons. The molecule has 0 aliphatic carbocycles. The standard InChI is InChI=1S/C9H12O4/c1-11-8-3-7(6-13-10)4-9(5-8)12-2/h3-5,10H,6H2,1-2H3. The second-order valence-electron chi connectivity index (χ2n) is 2.49. The van der Waals surface area contributed by atoms with E-state index in [9.17, 15) is 0 Å². The second kappa shape index (κ2) is 4.69. The molecule has 0 saturated heterocycles. The van der Waals surface area contributed by atoms with Crippen molar-refractivity contribution in [3.63, 3.8) is 0 Å². The molecule has 0 heterocycles. The molecule has 0 aliphatic heterocycles. The lowest BCUT2D eigenvalue weighted by molar-refractivity contribution is -0.253. The molecule has 4 heteroatoms. The molecule has 13 heavy (non-hydrogen) atoms. The van der Waals surface area contributed by atoms with E-state index in [4.69, 9.17) is 14.7 Å². The zero-order valence-electron chi connectivity index (χ0n) is 7.61. The summed E-state index contributed by atoms with van der Waals surface area (Å²) in [7, 11) is 3.14. The first-order valence-corrected chi connectivity index (χ1v) is 3.78. The Morgan fingerprint density at radius 2 is 1.62 bits per heavy atom. The second-order valence-corrected chi connectivity index (χ2v) is 2.49. The summed E-state index contributed by atoms with van der Waals surface area (Å²) < 4.78 is 10.1. The van der Waals surface area contributed by atoms with E-state index in [0.29, 0.717) is 11.5 Å². The van der Waals surface area contributed by atoms with Gasteiger partial charge in [0.05, 0.1) is 14.2 Å². The lowest BCUT2D eigenvalue weighted by Gasteiger charge is -2.06. The van der Waals surface area contributed by atoms with Crippen molar-refractivity contribution in [2.24, 2.45) is 0 Å². The van der Waals surface area contributed by atoms with Crippen molar-refractivity contribution >= 4 is 0 Å². The van der Waals surface area contributed by atoms with Gasteiger partial charge in [0.1, 0.15) is 18.1 Å². The molecule has 1 rings (SSSR count). The monoisotopic (exact) mass is 184 g/mol. The number of benzene rings is 1. The van der Waals surface area contributed by atoms with Crippen molar-refractivity contribution in [2.45, 2.75) is 6.61 Å². The van der Waals surface area contributed by atoms with Gasteiger partial charge in [0.2, 0.25) is 0 Å². The van der Waals surface area contributed by atoms with Crippen LogP contribution in [0.5, 0.6) is 11.5 Å². The first kappa shape index (κ1) is 9.83. The molecule has 1 aromatic carbocycles. The van der Waals surface area contributed by atoms with E-state index < -0.39 is 0 Å². The predicted molar refractivity (Wildman–Crippen MR) is 47.0 cm³/mol. The molecule has 0 radical (unpaired) electrons. The molecular formula is C9H12O4. The van der Waals surface area contributed by atoms with Gasteiger partial charge in [0, 0.05) is 6.07 Å². The van der Waals surface area contributed by atoms with Crippen molar-refractivity contribution in [1.29, 1.82) is 0 Å². The van der Waals surface area contributed by atoms with E-state index in [2.05, 4.69) is 4.89 Å². The van der Waals surface area contributed by atoms with E-state index in [1.54, 1.807) is 32.4 Å². The molecule has 4 nitrogen and oxygen atoms in total. The number of ether oxygens (including phenoxy) is 2. The van der Waals surface area contributed by atoms with Crippen LogP contribution in [-0.4, -0.2) is 19.5 Å². The summed E-state index contributed by atoms with van der Waals surface area (Å²) in [4.78, 5) is 4.02. The van der Waals surface area contributed by atoms with Gasteiger partial charge >= 0.3 is 0 Å². The summed E-state index contributed by atoms with van der Waals surface area (Å²) in [5.74, 6) is 1.35. The Morgan fingerprint density at radius 3 is 2.00 bits per heavy atom. The number of methoxy groups -OCH3 is 2. The van der Waals surface area contributed by atoms with Crippen LogP contribution in [0, 0.1) is 0 Å². The third kappa shape index (κ3) is 2.61. The highest BCUT2D eigenvalue weighted by molar-refractivity contribution is 5.38. The van der Waals surface area contributed by atoms with E-state index >= 15 is 0 Å². The van der Waals surface area contributed by atoms with E-state index in [1.165, 1.54) is 0 Å². The molecule has 0 unspecified atom stereocenters. The lowest BCUT2D eigenvalue weighted by atomic mass is 10.2. The molecule has 0 aromatic heterocycles. The fraction of sp³-hybridized carbons (Fsp3) is 0.333. The zero-order valence-corrected chi connectivity index (χ0v) is 7.61. The van der Waals surface area contributed by atoms with Crippen LogP contribution in [0.25, 0.3) is 0 Å². The average Bonchev–Trinajstić information content (AvgIpc) is 2.17. The van der Waals surface area contributed by atoms with Crippen molar-refractivity contribution < 1.29 is 19.6 Å². The van der Waals surface area contributed by atoms with Gasteiger partial charge < -0.3 is 9.47 Å². The van der Waals surface area contributed by atoms with E-state index in [1.807, 2.05) is 0 Å². The normalized spacial score (nSPS) is 9.77. The fourth-order valence-corrected chi connectivity index (χ4v) is 1.02. The van der Waals surface area contributed by atoms with Crippen molar-refractivity contribution in [3.8, 4) is 11.5 Å². The van der Waals surface area contributed by atoms with E-state index in [0.717, 1.165) is 5.56 Å². The molecule has 0 atom stereocenters. The largest absolute Gasteiger partial charge is 0.497 e. The first-order chi connectivity index (χ1) is 6.30. The van der Waals surface area contributed by atoms with Gasteiger partial charge in [-0.1, -0.05) is 0 Å². The minimum Gasteiger partial charge on any atom is -0.497 e. The van der Waals surface area contributed by atoms with Crippen molar-refractivity contribution in [2.75, 3.05) is 14.2 Å². The van der Waals surface area contributed by atoms with Crippen molar-refractivity contribution in [3.05, 3.63) is 23.8 Å². The lowest BCUT2D eigenvalue weighted by Crippen LogP contribution is -1.92. The summed E-state index contributed by atoms with van der Waals surface area (Å²) >= 11 is 0. The van der Waals surface area contributed by atoms with Gasteiger partial charge in [-0.15, -0.1) is 0 Å². The molecule has 1 N–H and O–H groups in total. The molecule has 0 saturated carbocycles. The van der Waals surface area contributed by atoms with Crippen molar-refractivity contribution in [1.82, 2.24) is 0 Å². The Hall–Kier alpha value is -1.26. The van der Waals surface area contributed by atoms with Crippen LogP contribution in [-0.2, 0) is 11.5 Å². The van der Waals surface area contributed by atoms with Crippen LogP contribution < -0.4 is 9.47 Å². The fourth-order valence-electron chi connectivity index (χ4n) is 1.02. The summed E-state index contributed by atoms with van der Waals surface area (Å²) in [6.07, 6.45) is 0. The number of hydrogen-bond donors (Lipinski definition) is 1. The zero-order chi connectivity index (χ0) is 9.68. The van der Waals surface area contributed by atoms with E-state index in [-0.39, 0.29) is 6.61 Å². The summed E-state index contributed by atoms with van der Waals surface area (Å²) in [5, 5.41) is 8.27. The maximum Gasteiger partial charge on any atom is 0.122 e. The highest BCUT2D eigenvalue weighted by Crippen LogP contribution is 2.22. The van der Waals surface area contributed by atoms with Gasteiger partial charge in [0.15, 0.2) is 0 Å². The van der Waals surface area contributed by atoms with Crippen LogP contribution in [0.4, 0.5) is 0 Å². The van der Waals surface area contributed by atoms with Gasteiger partial charge in [-0.2, -0.15) is 0 Å². The molecule has 0 amide bonds. The average molecular weight is 184 g/mol. The Bertz CT molecular complexity index is 250. The Balaban J connectivity index is 2.93. The predicted octanol–water partition coefficient (Wildman–Crippen LogP) is 1.69. The topological polar surface area (TPSA) is 47.9 Å². The third-order valence-corrected chi connectivity index (χ3v) is 1.64. The Kier molecular flexibility index (Phi) is 3.54. The smallest absolute Gasteiger partial charge is 0.122 e. The quantitative estimate of drug-likeness (QED) is 0.571. The van der Waals surface area contributed by atoms with Gasteiger partial charge in [0.25, 0.3) is 0 Å². The minimum atomic E-state index is 0.119. The molecule has 0 fully saturated rings. The van der Waals surface area contributed by atoms with Gasteiger partial charge in [-0.25, -0.2) is 4.89 Å². The van der Waals surface area contributed by atoms with Gasteiger partial charge in [-0.3, -0.25) is 5.26 Å². The third-order valence-electron chi connectivity index (χ3n) is 1.64. The van der Waals surface area contributed by atoms with Crippen LogP contribution in [0.15, 0.2) is 18.2 Å². The van der Waals surface area contributed by atoms with Crippen LogP contribution in [0.2, 0.25) is 0 Å². The molecular weight excluding hydrogens is 172 g/mol. The number of hydrogen-bond acceptors (Lipinski definition) is 4. The minimum absolute atomic E-state index is 0.119. The SMILES string of the molecule is COc1cc(COO)cc(OC)c1. The van der Waals surface area contributed by atoms with Crippen LogP contribution in [0.3, 0.4) is 0 Å². The number of rotatable bonds is 4. The highest BCUT2D eigenvalue weighted by atomic mass is 17.1. The molecule has 0 spiro atoms. The summed E-state index contributed by atoms with van der Waals surface area (Å²) in [6.45, 7) is 0.119. The molecule has 0 bridgehead atoms. The van der Waals surface area contributed by atoms with Gasteiger partial charge in [-0.05, 0) is 17.7 Å². The maximum atomic E-state index is 8.27. The Morgan fingerprint density at radius 1 is 1.08 bits per heavy atom. The van der Waals surface area contributed by atoms with Crippen LogP contribution in [0.1, 0.15) is 5.56 Å². The highest BCUT2D eigenvalue weighted by Gasteiger charge is 2.01. The molecule has 0 aliphatic rings. The summed E-state index contributed by atoms with van der Waals surface area (Å²) in [6, 6.07) is 5.28. The Labute approximate surface area is 76.6 Å². The molecule has 1 aromatic rings. The van der Waals surface area contributed by atoms with Crippen LogP contribution >= 0.6 is 0 Å².